The average molecular weight is 325 g/mol. The first-order valence-corrected chi connectivity index (χ1v) is 8.86. The smallest absolute Gasteiger partial charge is 0.134 e. The molecule has 0 aliphatic heterocycles. The first kappa shape index (κ1) is 16.0. The summed E-state index contributed by atoms with van der Waals surface area (Å²) in [4.78, 5) is 3.54. The van der Waals surface area contributed by atoms with Crippen LogP contribution in [0.15, 0.2) is 53.9 Å². The van der Waals surface area contributed by atoms with Gasteiger partial charge >= 0.3 is 0 Å². The Bertz CT molecular complexity index is 773. The molecule has 0 radical (unpaired) electrons. The Morgan fingerprint density at radius 3 is 2.57 bits per heavy atom. The lowest BCUT2D eigenvalue weighted by Gasteiger charge is -2.22. The number of fused-ring (bicyclic) bond motifs is 1. The van der Waals surface area contributed by atoms with Crippen molar-refractivity contribution in [3.05, 3.63) is 64.4 Å². The third kappa shape index (κ3) is 3.74. The molecule has 3 aromatic rings. The molecule has 0 fully saturated rings. The number of nitrogens with zero attached hydrogens (tertiary/aromatic N) is 1. The molecule has 0 saturated heterocycles. The number of ether oxygens (including phenoxy) is 1. The molecule has 1 unspecified atom stereocenters. The largest absolute Gasteiger partial charge is 0.484 e. The molecule has 1 heterocycles. The number of benzene rings is 2. The molecule has 0 aliphatic carbocycles. The normalized spacial score (nSPS) is 12.7. The van der Waals surface area contributed by atoms with Crippen LogP contribution >= 0.6 is 11.3 Å². The maximum atomic E-state index is 6.49. The Labute approximate surface area is 142 Å². The van der Waals surface area contributed by atoms with Crippen LogP contribution in [0.3, 0.4) is 0 Å². The van der Waals surface area contributed by atoms with Crippen molar-refractivity contribution in [2.24, 2.45) is 0 Å². The highest BCUT2D eigenvalue weighted by molar-refractivity contribution is 7.10. The second kappa shape index (κ2) is 7.16. The predicted octanol–water partition coefficient (Wildman–Crippen LogP) is 5.28. The summed E-state index contributed by atoms with van der Waals surface area (Å²) in [6.45, 7) is 3.17. The molecular formula is C20H23NOS. The van der Waals surface area contributed by atoms with Crippen LogP contribution in [0.2, 0.25) is 0 Å². The Hall–Kier alpha value is -1.84. The summed E-state index contributed by atoms with van der Waals surface area (Å²) in [5.74, 6) is 0.972. The fourth-order valence-electron chi connectivity index (χ4n) is 2.79. The van der Waals surface area contributed by atoms with E-state index in [1.807, 2.05) is 0 Å². The van der Waals surface area contributed by atoms with Crippen molar-refractivity contribution in [2.75, 3.05) is 20.6 Å². The van der Waals surface area contributed by atoms with Crippen LogP contribution < -0.4 is 4.74 Å². The topological polar surface area (TPSA) is 12.5 Å². The van der Waals surface area contributed by atoms with E-state index in [-0.39, 0.29) is 6.10 Å². The van der Waals surface area contributed by atoms with Crippen molar-refractivity contribution in [1.29, 1.82) is 0 Å². The van der Waals surface area contributed by atoms with Gasteiger partial charge in [-0.2, -0.15) is 0 Å². The molecule has 1 aromatic heterocycles. The van der Waals surface area contributed by atoms with Crippen molar-refractivity contribution in [3.8, 4) is 5.75 Å². The molecule has 2 aromatic carbocycles. The third-order valence-electron chi connectivity index (χ3n) is 4.05. The van der Waals surface area contributed by atoms with E-state index in [2.05, 4.69) is 79.8 Å². The van der Waals surface area contributed by atoms with Crippen LogP contribution in [0.4, 0.5) is 0 Å². The van der Waals surface area contributed by atoms with Crippen LogP contribution in [0.25, 0.3) is 10.8 Å². The van der Waals surface area contributed by atoms with Crippen LogP contribution in [0.5, 0.6) is 5.75 Å². The van der Waals surface area contributed by atoms with E-state index in [1.165, 1.54) is 21.2 Å². The summed E-state index contributed by atoms with van der Waals surface area (Å²) in [7, 11) is 4.21. The summed E-state index contributed by atoms with van der Waals surface area (Å²) < 4.78 is 6.49. The summed E-state index contributed by atoms with van der Waals surface area (Å²) in [5, 5.41) is 4.55. The Kier molecular flexibility index (Phi) is 4.99. The Morgan fingerprint density at radius 2 is 1.83 bits per heavy atom. The molecule has 0 bridgehead atoms. The van der Waals surface area contributed by atoms with Crippen LogP contribution in [-0.4, -0.2) is 25.5 Å². The van der Waals surface area contributed by atoms with E-state index in [4.69, 9.17) is 4.74 Å². The van der Waals surface area contributed by atoms with Gasteiger partial charge in [-0.3, -0.25) is 0 Å². The SMILES string of the molecule is Cc1ccsc1C(CCN(C)C)Oc1cccc2ccccc12. The van der Waals surface area contributed by atoms with Gasteiger partial charge in [-0.05, 0) is 49.5 Å². The fourth-order valence-corrected chi connectivity index (χ4v) is 3.78. The molecule has 0 amide bonds. The van der Waals surface area contributed by atoms with E-state index in [9.17, 15) is 0 Å². The van der Waals surface area contributed by atoms with Gasteiger partial charge in [0.2, 0.25) is 0 Å². The summed E-state index contributed by atoms with van der Waals surface area (Å²) in [5.41, 5.74) is 1.32. The molecule has 0 spiro atoms. The first-order valence-electron chi connectivity index (χ1n) is 7.98. The lowest BCUT2D eigenvalue weighted by atomic mass is 10.1. The van der Waals surface area contributed by atoms with Crippen LogP contribution in [0.1, 0.15) is 23.0 Å². The number of hydrogen-bond acceptors (Lipinski definition) is 3. The zero-order chi connectivity index (χ0) is 16.2. The van der Waals surface area contributed by atoms with E-state index in [0.29, 0.717) is 0 Å². The van der Waals surface area contributed by atoms with Gasteiger partial charge in [-0.15, -0.1) is 11.3 Å². The van der Waals surface area contributed by atoms with Gasteiger partial charge in [-0.25, -0.2) is 0 Å². The van der Waals surface area contributed by atoms with Gasteiger partial charge in [0.1, 0.15) is 11.9 Å². The minimum Gasteiger partial charge on any atom is -0.484 e. The third-order valence-corrected chi connectivity index (χ3v) is 5.16. The molecular weight excluding hydrogens is 302 g/mol. The van der Waals surface area contributed by atoms with Crippen molar-refractivity contribution < 1.29 is 4.74 Å². The molecule has 1 atom stereocenters. The molecule has 2 nitrogen and oxygen atoms in total. The quantitative estimate of drug-likeness (QED) is 0.611. The molecule has 3 heteroatoms. The van der Waals surface area contributed by atoms with E-state index in [0.717, 1.165) is 18.7 Å². The van der Waals surface area contributed by atoms with Gasteiger partial charge in [0.25, 0.3) is 0 Å². The summed E-state index contributed by atoms with van der Waals surface area (Å²) in [6, 6.07) is 16.9. The van der Waals surface area contributed by atoms with Gasteiger partial charge in [0.05, 0.1) is 0 Å². The average Bonchev–Trinajstić information content (AvgIpc) is 2.97. The Morgan fingerprint density at radius 1 is 1.04 bits per heavy atom. The molecule has 0 saturated carbocycles. The molecule has 3 rings (SSSR count). The highest BCUT2D eigenvalue weighted by Gasteiger charge is 2.18. The van der Waals surface area contributed by atoms with Crippen LogP contribution in [0, 0.1) is 6.92 Å². The lowest BCUT2D eigenvalue weighted by Crippen LogP contribution is -2.18. The zero-order valence-electron chi connectivity index (χ0n) is 14.0. The highest BCUT2D eigenvalue weighted by Crippen LogP contribution is 2.34. The molecule has 0 aliphatic rings. The monoisotopic (exact) mass is 325 g/mol. The van der Waals surface area contributed by atoms with E-state index >= 15 is 0 Å². The maximum absolute atomic E-state index is 6.49. The minimum atomic E-state index is 0.100. The maximum Gasteiger partial charge on any atom is 0.134 e. The second-order valence-corrected chi connectivity index (χ2v) is 7.09. The summed E-state index contributed by atoms with van der Waals surface area (Å²) >= 11 is 1.79. The van der Waals surface area contributed by atoms with Crippen molar-refractivity contribution in [2.45, 2.75) is 19.4 Å². The van der Waals surface area contributed by atoms with Crippen molar-refractivity contribution >= 4 is 22.1 Å². The highest BCUT2D eigenvalue weighted by atomic mass is 32.1. The van der Waals surface area contributed by atoms with Gasteiger partial charge in [-0.1, -0.05) is 36.4 Å². The second-order valence-electron chi connectivity index (χ2n) is 6.14. The van der Waals surface area contributed by atoms with E-state index in [1.54, 1.807) is 11.3 Å². The fraction of sp³-hybridized carbons (Fsp3) is 0.300. The number of thiophene rings is 1. The summed E-state index contributed by atoms with van der Waals surface area (Å²) in [6.07, 6.45) is 1.08. The standard InChI is InChI=1S/C20H23NOS/c1-15-12-14-23-20(15)19(11-13-21(2)3)22-18-10-6-8-16-7-4-5-9-17(16)18/h4-10,12,14,19H,11,13H2,1-3H3. The molecule has 23 heavy (non-hydrogen) atoms. The van der Waals surface area contributed by atoms with Crippen molar-refractivity contribution in [1.82, 2.24) is 4.90 Å². The van der Waals surface area contributed by atoms with Gasteiger partial charge in [0.15, 0.2) is 0 Å². The van der Waals surface area contributed by atoms with Crippen LogP contribution in [-0.2, 0) is 0 Å². The number of hydrogen-bond donors (Lipinski definition) is 0. The van der Waals surface area contributed by atoms with Gasteiger partial charge in [0, 0.05) is 23.2 Å². The zero-order valence-corrected chi connectivity index (χ0v) is 14.8. The van der Waals surface area contributed by atoms with E-state index < -0.39 is 0 Å². The first-order chi connectivity index (χ1) is 11.1. The molecule has 120 valence electrons. The number of rotatable bonds is 6. The minimum absolute atomic E-state index is 0.100. The van der Waals surface area contributed by atoms with Gasteiger partial charge < -0.3 is 9.64 Å². The Balaban J connectivity index is 1.92. The van der Waals surface area contributed by atoms with Crippen molar-refractivity contribution in [3.63, 3.8) is 0 Å². The predicted molar refractivity (Wildman–Crippen MR) is 99.5 cm³/mol. The lowest BCUT2D eigenvalue weighted by molar-refractivity contribution is 0.184. The number of aryl methyl sites for hydroxylation is 1. The molecule has 0 N–H and O–H groups in total.